The summed E-state index contributed by atoms with van der Waals surface area (Å²) in [7, 11) is 0. The number of Topliss-reactive ketones (excluding diaryl/α,β-unsaturated/α-hetero) is 1. The van der Waals surface area contributed by atoms with E-state index >= 15 is 0 Å². The van der Waals surface area contributed by atoms with Gasteiger partial charge in [-0.1, -0.05) is 35.3 Å². The van der Waals surface area contributed by atoms with Crippen LogP contribution in [-0.2, 0) is 0 Å². The molecule has 4 rings (SSSR count). The zero-order valence-corrected chi connectivity index (χ0v) is 16.5. The molecular formula is C23H14Cl2O4. The van der Waals surface area contributed by atoms with Crippen LogP contribution >= 0.6 is 23.2 Å². The summed E-state index contributed by atoms with van der Waals surface area (Å²) in [5, 5.41) is 1.46. The smallest absolute Gasteiger partial charge is 0.235 e. The van der Waals surface area contributed by atoms with E-state index in [2.05, 4.69) is 0 Å². The average molecular weight is 425 g/mol. The molecule has 0 N–H and O–H groups in total. The SMILES string of the molecule is O=C(COc1c(-c2ccc(Cl)cc2)oc2ccccc2c1=O)c1ccc(Cl)cc1. The molecule has 0 spiro atoms. The molecule has 0 atom stereocenters. The van der Waals surface area contributed by atoms with Crippen molar-refractivity contribution in [1.82, 2.24) is 0 Å². The molecule has 0 aliphatic rings. The Labute approximate surface area is 176 Å². The van der Waals surface area contributed by atoms with Gasteiger partial charge >= 0.3 is 0 Å². The molecule has 0 radical (unpaired) electrons. The number of carbonyl (C=O) groups excluding carboxylic acids is 1. The topological polar surface area (TPSA) is 56.5 Å². The number of halogens is 2. The average Bonchev–Trinajstić information content (AvgIpc) is 2.74. The van der Waals surface area contributed by atoms with E-state index in [9.17, 15) is 9.59 Å². The third-order valence-electron chi connectivity index (χ3n) is 4.38. The second-order valence-electron chi connectivity index (χ2n) is 6.31. The van der Waals surface area contributed by atoms with E-state index in [0.29, 0.717) is 32.1 Å². The Kier molecular flexibility index (Phi) is 5.38. The summed E-state index contributed by atoms with van der Waals surface area (Å²) in [4.78, 5) is 25.5. The monoisotopic (exact) mass is 424 g/mol. The molecule has 4 nitrogen and oxygen atoms in total. The Balaban J connectivity index is 1.75. The molecule has 0 saturated carbocycles. The van der Waals surface area contributed by atoms with Gasteiger partial charge in [0, 0.05) is 21.2 Å². The summed E-state index contributed by atoms with van der Waals surface area (Å²) >= 11 is 11.8. The van der Waals surface area contributed by atoms with Crippen molar-refractivity contribution in [2.45, 2.75) is 0 Å². The fourth-order valence-corrected chi connectivity index (χ4v) is 3.16. The lowest BCUT2D eigenvalue weighted by Gasteiger charge is -2.11. The summed E-state index contributed by atoms with van der Waals surface area (Å²) in [5.41, 5.74) is 1.14. The number of ketones is 1. The van der Waals surface area contributed by atoms with Crippen molar-refractivity contribution >= 4 is 40.0 Å². The maximum absolute atomic E-state index is 13.0. The highest BCUT2D eigenvalue weighted by atomic mass is 35.5. The van der Waals surface area contributed by atoms with Gasteiger partial charge in [0.15, 0.2) is 18.2 Å². The van der Waals surface area contributed by atoms with Crippen LogP contribution in [0.25, 0.3) is 22.3 Å². The molecule has 0 aliphatic heterocycles. The first-order valence-corrected chi connectivity index (χ1v) is 9.52. The predicted octanol–water partition coefficient (Wildman–Crippen LogP) is 6.03. The summed E-state index contributed by atoms with van der Waals surface area (Å²) in [6.07, 6.45) is 0. The quantitative estimate of drug-likeness (QED) is 0.367. The van der Waals surface area contributed by atoms with Crippen LogP contribution in [-0.4, -0.2) is 12.4 Å². The van der Waals surface area contributed by atoms with E-state index < -0.39 is 0 Å². The predicted molar refractivity (Wildman–Crippen MR) is 114 cm³/mol. The first-order chi connectivity index (χ1) is 14.0. The van der Waals surface area contributed by atoms with E-state index in [0.717, 1.165) is 0 Å². The van der Waals surface area contributed by atoms with Crippen molar-refractivity contribution in [2.75, 3.05) is 6.61 Å². The molecular weight excluding hydrogens is 411 g/mol. The Morgan fingerprint density at radius 3 is 2.17 bits per heavy atom. The summed E-state index contributed by atoms with van der Waals surface area (Å²) in [6.45, 7) is -0.314. The van der Waals surface area contributed by atoms with Crippen molar-refractivity contribution in [1.29, 1.82) is 0 Å². The highest BCUT2D eigenvalue weighted by Gasteiger charge is 2.19. The van der Waals surface area contributed by atoms with Gasteiger partial charge < -0.3 is 9.15 Å². The van der Waals surface area contributed by atoms with Gasteiger partial charge in [0.25, 0.3) is 0 Å². The van der Waals surface area contributed by atoms with Crippen LogP contribution in [0.15, 0.2) is 82.0 Å². The number of carbonyl (C=O) groups is 1. The van der Waals surface area contributed by atoms with Gasteiger partial charge in [0.1, 0.15) is 5.58 Å². The maximum Gasteiger partial charge on any atom is 0.235 e. The highest BCUT2D eigenvalue weighted by molar-refractivity contribution is 6.31. The van der Waals surface area contributed by atoms with Gasteiger partial charge in [0.05, 0.1) is 5.39 Å². The van der Waals surface area contributed by atoms with Crippen molar-refractivity contribution in [2.24, 2.45) is 0 Å². The fraction of sp³-hybridized carbons (Fsp3) is 0.0435. The van der Waals surface area contributed by atoms with E-state index in [1.54, 1.807) is 72.8 Å². The fourth-order valence-electron chi connectivity index (χ4n) is 2.90. The van der Waals surface area contributed by atoms with Gasteiger partial charge in [-0.3, -0.25) is 9.59 Å². The number of benzene rings is 3. The normalized spacial score (nSPS) is 10.8. The minimum atomic E-state index is -0.347. The van der Waals surface area contributed by atoms with Crippen molar-refractivity contribution in [3.8, 4) is 17.1 Å². The molecule has 0 saturated heterocycles. The lowest BCUT2D eigenvalue weighted by atomic mass is 10.1. The Hall–Kier alpha value is -3.08. The number of ether oxygens (including phenoxy) is 1. The maximum atomic E-state index is 13.0. The van der Waals surface area contributed by atoms with E-state index in [1.807, 2.05) is 0 Å². The molecule has 0 amide bonds. The molecule has 1 heterocycles. The standard InChI is InChI=1S/C23H14Cl2O4/c24-16-9-5-14(6-10-16)19(26)13-28-23-21(27)18-3-1-2-4-20(18)29-22(23)15-7-11-17(25)12-8-15/h1-12H,13H2. The molecule has 144 valence electrons. The Bertz CT molecular complexity index is 1240. The molecule has 4 aromatic rings. The van der Waals surface area contributed by atoms with Gasteiger partial charge in [-0.05, 0) is 60.7 Å². The van der Waals surface area contributed by atoms with Crippen LogP contribution < -0.4 is 10.2 Å². The molecule has 29 heavy (non-hydrogen) atoms. The minimum Gasteiger partial charge on any atom is -0.478 e. The summed E-state index contributed by atoms with van der Waals surface area (Å²) in [6, 6.07) is 20.2. The summed E-state index contributed by atoms with van der Waals surface area (Å²) < 4.78 is 11.6. The highest BCUT2D eigenvalue weighted by Crippen LogP contribution is 2.31. The minimum absolute atomic E-state index is 0.0201. The molecule has 1 aromatic heterocycles. The van der Waals surface area contributed by atoms with Gasteiger partial charge in [-0.15, -0.1) is 0 Å². The number of rotatable bonds is 5. The number of para-hydroxylation sites is 1. The lowest BCUT2D eigenvalue weighted by molar-refractivity contribution is 0.0920. The largest absolute Gasteiger partial charge is 0.478 e. The van der Waals surface area contributed by atoms with E-state index in [-0.39, 0.29) is 29.3 Å². The summed E-state index contributed by atoms with van der Waals surface area (Å²) in [5.74, 6) is -0.0566. The van der Waals surface area contributed by atoms with Crippen molar-refractivity contribution < 1.29 is 13.9 Å². The van der Waals surface area contributed by atoms with Crippen LogP contribution in [0.5, 0.6) is 5.75 Å². The first kappa shape index (κ1) is 19.2. The van der Waals surface area contributed by atoms with Crippen LogP contribution in [0.4, 0.5) is 0 Å². The first-order valence-electron chi connectivity index (χ1n) is 8.76. The Morgan fingerprint density at radius 2 is 1.48 bits per heavy atom. The molecule has 0 unspecified atom stereocenters. The second-order valence-corrected chi connectivity index (χ2v) is 7.18. The number of fused-ring (bicyclic) bond motifs is 1. The van der Waals surface area contributed by atoms with Crippen LogP contribution in [0.1, 0.15) is 10.4 Å². The van der Waals surface area contributed by atoms with E-state index in [4.69, 9.17) is 32.4 Å². The molecule has 0 bridgehead atoms. The van der Waals surface area contributed by atoms with Crippen molar-refractivity contribution in [3.05, 3.63) is 98.6 Å². The van der Waals surface area contributed by atoms with Crippen molar-refractivity contribution in [3.63, 3.8) is 0 Å². The molecule has 0 fully saturated rings. The van der Waals surface area contributed by atoms with Crippen LogP contribution in [0.2, 0.25) is 10.0 Å². The molecule has 0 aliphatic carbocycles. The third kappa shape index (κ3) is 4.04. The van der Waals surface area contributed by atoms with E-state index in [1.165, 1.54) is 0 Å². The third-order valence-corrected chi connectivity index (χ3v) is 4.88. The second kappa shape index (κ2) is 8.11. The van der Waals surface area contributed by atoms with Gasteiger partial charge in [0.2, 0.25) is 11.2 Å². The lowest BCUT2D eigenvalue weighted by Crippen LogP contribution is -2.17. The molecule has 3 aromatic carbocycles. The van der Waals surface area contributed by atoms with Gasteiger partial charge in [-0.2, -0.15) is 0 Å². The zero-order valence-electron chi connectivity index (χ0n) is 15.0. The number of hydrogen-bond acceptors (Lipinski definition) is 4. The van der Waals surface area contributed by atoms with Crippen LogP contribution in [0, 0.1) is 0 Å². The van der Waals surface area contributed by atoms with Gasteiger partial charge in [-0.25, -0.2) is 0 Å². The van der Waals surface area contributed by atoms with Crippen LogP contribution in [0.3, 0.4) is 0 Å². The number of hydrogen-bond donors (Lipinski definition) is 0. The zero-order chi connectivity index (χ0) is 20.4. The molecule has 6 heteroatoms. The Morgan fingerprint density at radius 1 is 0.862 bits per heavy atom.